The molecule has 0 bridgehead atoms. The Morgan fingerprint density at radius 2 is 2.06 bits per heavy atom. The summed E-state index contributed by atoms with van der Waals surface area (Å²) >= 11 is 1.80. The molecule has 0 aliphatic carbocycles. The summed E-state index contributed by atoms with van der Waals surface area (Å²) in [6.07, 6.45) is 15.1. The van der Waals surface area contributed by atoms with E-state index in [-0.39, 0.29) is 11.9 Å². The first-order valence-electron chi connectivity index (χ1n) is 11.5. The van der Waals surface area contributed by atoms with Crippen molar-refractivity contribution in [2.24, 2.45) is 0 Å². The van der Waals surface area contributed by atoms with Gasteiger partial charge in [0.1, 0.15) is 0 Å². The van der Waals surface area contributed by atoms with Gasteiger partial charge in [0, 0.05) is 34.1 Å². The van der Waals surface area contributed by atoms with Crippen LogP contribution < -0.4 is 5.32 Å². The number of nitrogens with zero attached hydrogens (tertiary/aromatic N) is 1. The number of pyridine rings is 1. The van der Waals surface area contributed by atoms with E-state index in [1.165, 1.54) is 50.9 Å². The minimum atomic E-state index is -0.0120. The van der Waals surface area contributed by atoms with Crippen LogP contribution in [0.15, 0.2) is 48.8 Å². The fourth-order valence-corrected chi connectivity index (χ4v) is 5.15. The molecule has 4 heteroatoms. The molecule has 31 heavy (non-hydrogen) atoms. The number of fused-ring (bicyclic) bond motifs is 1. The number of carbonyl (C=O) groups excluding carboxylic acids is 1. The number of hydrogen-bond donors (Lipinski definition) is 1. The van der Waals surface area contributed by atoms with Gasteiger partial charge in [-0.3, -0.25) is 9.78 Å². The van der Waals surface area contributed by atoms with Crippen LogP contribution in [0.2, 0.25) is 0 Å². The van der Waals surface area contributed by atoms with Crippen LogP contribution in [0.5, 0.6) is 0 Å². The first-order chi connectivity index (χ1) is 15.1. The number of aryl methyl sites for hydroxylation is 3. The van der Waals surface area contributed by atoms with Gasteiger partial charge >= 0.3 is 0 Å². The first-order valence-corrected chi connectivity index (χ1v) is 12.3. The summed E-state index contributed by atoms with van der Waals surface area (Å²) in [4.78, 5) is 17.9. The van der Waals surface area contributed by atoms with Crippen LogP contribution in [0.1, 0.15) is 67.5 Å². The number of unbranched alkanes of at least 4 members (excludes halogenated alkanes) is 2. The molecule has 3 aromatic rings. The lowest BCUT2D eigenvalue weighted by atomic mass is 10.0. The lowest BCUT2D eigenvalue weighted by Gasteiger charge is -2.12. The zero-order valence-electron chi connectivity index (χ0n) is 19.0. The Morgan fingerprint density at radius 1 is 1.19 bits per heavy atom. The van der Waals surface area contributed by atoms with Crippen molar-refractivity contribution < 1.29 is 4.79 Å². The van der Waals surface area contributed by atoms with Crippen LogP contribution in [-0.2, 0) is 17.6 Å². The quantitative estimate of drug-likeness (QED) is 0.264. The third kappa shape index (κ3) is 7.03. The molecule has 0 saturated heterocycles. The molecule has 0 aliphatic heterocycles. The summed E-state index contributed by atoms with van der Waals surface area (Å²) in [5, 5.41) is 4.46. The minimum absolute atomic E-state index is 0.0120. The Labute approximate surface area is 190 Å². The predicted octanol–water partition coefficient (Wildman–Crippen LogP) is 6.88. The fraction of sp³-hybridized carbons (Fsp3) is 0.407. The number of aromatic nitrogens is 1. The summed E-state index contributed by atoms with van der Waals surface area (Å²) in [6.45, 7) is 6.44. The Morgan fingerprint density at radius 3 is 2.84 bits per heavy atom. The van der Waals surface area contributed by atoms with E-state index in [4.69, 9.17) is 0 Å². The number of nitrogens with one attached hydrogen (secondary N) is 1. The third-order valence-corrected chi connectivity index (χ3v) is 6.77. The van der Waals surface area contributed by atoms with Crippen molar-refractivity contribution in [2.45, 2.75) is 71.8 Å². The topological polar surface area (TPSA) is 42.0 Å². The van der Waals surface area contributed by atoms with Crippen LogP contribution in [0.25, 0.3) is 16.2 Å². The number of rotatable bonds is 11. The van der Waals surface area contributed by atoms with Crippen LogP contribution in [0.3, 0.4) is 0 Å². The van der Waals surface area contributed by atoms with Crippen molar-refractivity contribution in [1.29, 1.82) is 0 Å². The summed E-state index contributed by atoms with van der Waals surface area (Å²) in [7, 11) is 0. The zero-order valence-corrected chi connectivity index (χ0v) is 19.8. The molecule has 1 amide bonds. The number of hydrogen-bond acceptors (Lipinski definition) is 3. The first kappa shape index (κ1) is 23.2. The monoisotopic (exact) mass is 434 g/mol. The molecule has 1 aromatic carbocycles. The van der Waals surface area contributed by atoms with Gasteiger partial charge in [-0.05, 0) is 86.2 Å². The Kier molecular flexibility index (Phi) is 8.84. The van der Waals surface area contributed by atoms with Gasteiger partial charge in [0.15, 0.2) is 0 Å². The lowest BCUT2D eigenvalue weighted by molar-refractivity contribution is -0.117. The van der Waals surface area contributed by atoms with Crippen molar-refractivity contribution >= 4 is 33.4 Å². The van der Waals surface area contributed by atoms with Gasteiger partial charge in [0.25, 0.3) is 0 Å². The molecule has 1 N–H and O–H groups in total. The van der Waals surface area contributed by atoms with Crippen molar-refractivity contribution in [3.05, 3.63) is 70.4 Å². The Balaban J connectivity index is 1.59. The summed E-state index contributed by atoms with van der Waals surface area (Å²) in [6, 6.07) is 10.9. The smallest absolute Gasteiger partial charge is 0.244 e. The van der Waals surface area contributed by atoms with Crippen LogP contribution in [0.4, 0.5) is 0 Å². The molecule has 0 unspecified atom stereocenters. The third-order valence-electron chi connectivity index (χ3n) is 5.61. The molecular weight excluding hydrogens is 400 g/mol. The maximum absolute atomic E-state index is 12.5. The molecule has 0 aliphatic rings. The molecule has 2 heterocycles. The summed E-state index contributed by atoms with van der Waals surface area (Å²) in [5.41, 5.74) is 3.92. The van der Waals surface area contributed by atoms with Crippen molar-refractivity contribution in [1.82, 2.24) is 10.3 Å². The van der Waals surface area contributed by atoms with E-state index in [0.29, 0.717) is 0 Å². The highest BCUT2D eigenvalue weighted by Crippen LogP contribution is 2.34. The highest BCUT2D eigenvalue weighted by molar-refractivity contribution is 7.20. The van der Waals surface area contributed by atoms with Gasteiger partial charge in [-0.15, -0.1) is 11.3 Å². The molecule has 0 spiro atoms. The van der Waals surface area contributed by atoms with E-state index >= 15 is 0 Å². The second kappa shape index (κ2) is 11.8. The molecule has 0 fully saturated rings. The van der Waals surface area contributed by atoms with Gasteiger partial charge in [-0.2, -0.15) is 0 Å². The van der Waals surface area contributed by atoms with Crippen molar-refractivity contribution in [2.75, 3.05) is 0 Å². The normalized spacial score (nSPS) is 12.5. The molecular formula is C27H34N2OS. The zero-order chi connectivity index (χ0) is 22.1. The molecule has 1 atom stereocenters. The standard InChI is InChI=1S/C27H34N2OS/c1-4-5-6-12-23-24-14-13-20(2)18-26(24)31-25(23)15-16-27(30)29-21(3)9-7-10-22-11-8-17-28-19-22/h8,11,13-19,21H,4-7,9-10,12H2,1-3H3,(H,29,30)/b16-15+/t21-/m1/s1. The molecule has 0 radical (unpaired) electrons. The maximum atomic E-state index is 12.5. The summed E-state index contributed by atoms with van der Waals surface area (Å²) in [5.74, 6) is -0.0120. The predicted molar refractivity (Wildman–Crippen MR) is 134 cm³/mol. The second-order valence-electron chi connectivity index (χ2n) is 8.40. The van der Waals surface area contributed by atoms with E-state index in [1.54, 1.807) is 23.6 Å². The van der Waals surface area contributed by atoms with Gasteiger partial charge in [0.2, 0.25) is 5.91 Å². The van der Waals surface area contributed by atoms with Crippen LogP contribution >= 0.6 is 11.3 Å². The number of amides is 1. The molecule has 0 saturated carbocycles. The van der Waals surface area contributed by atoms with Gasteiger partial charge in [-0.1, -0.05) is 38.0 Å². The van der Waals surface area contributed by atoms with Crippen molar-refractivity contribution in [3.63, 3.8) is 0 Å². The number of carbonyl (C=O) groups is 1. The number of thiophene rings is 1. The minimum Gasteiger partial charge on any atom is -0.350 e. The molecule has 3 nitrogen and oxygen atoms in total. The van der Waals surface area contributed by atoms with E-state index in [0.717, 1.165) is 25.7 Å². The average molecular weight is 435 g/mol. The average Bonchev–Trinajstić information content (AvgIpc) is 3.09. The summed E-state index contributed by atoms with van der Waals surface area (Å²) < 4.78 is 1.32. The molecule has 3 rings (SSSR count). The Bertz CT molecular complexity index is 1010. The van der Waals surface area contributed by atoms with Gasteiger partial charge < -0.3 is 5.32 Å². The number of benzene rings is 1. The fourth-order valence-electron chi connectivity index (χ4n) is 3.89. The van der Waals surface area contributed by atoms with E-state index < -0.39 is 0 Å². The highest BCUT2D eigenvalue weighted by Gasteiger charge is 2.11. The Hall–Kier alpha value is -2.46. The SMILES string of the molecule is CCCCCc1c(/C=C/C(=O)N[C@H](C)CCCc2cccnc2)sc2cc(C)ccc12. The largest absolute Gasteiger partial charge is 0.350 e. The van der Waals surface area contributed by atoms with Crippen molar-refractivity contribution in [3.8, 4) is 0 Å². The second-order valence-corrected chi connectivity index (χ2v) is 9.48. The van der Waals surface area contributed by atoms with E-state index in [1.807, 2.05) is 18.3 Å². The molecule has 2 aromatic heterocycles. The van der Waals surface area contributed by atoms with Gasteiger partial charge in [-0.25, -0.2) is 0 Å². The molecule has 164 valence electrons. The van der Waals surface area contributed by atoms with E-state index in [9.17, 15) is 4.79 Å². The van der Waals surface area contributed by atoms with Crippen LogP contribution in [-0.4, -0.2) is 16.9 Å². The van der Waals surface area contributed by atoms with Crippen LogP contribution in [0, 0.1) is 6.92 Å². The highest BCUT2D eigenvalue weighted by atomic mass is 32.1. The van der Waals surface area contributed by atoms with E-state index in [2.05, 4.69) is 55.3 Å². The lowest BCUT2D eigenvalue weighted by Crippen LogP contribution is -2.31. The van der Waals surface area contributed by atoms with Gasteiger partial charge in [0.05, 0.1) is 0 Å². The maximum Gasteiger partial charge on any atom is 0.244 e.